The summed E-state index contributed by atoms with van der Waals surface area (Å²) in [7, 11) is 0. The zero-order valence-corrected chi connectivity index (χ0v) is 19.8. The smallest absolute Gasteiger partial charge is 0.352 e. The van der Waals surface area contributed by atoms with Crippen LogP contribution < -0.4 is 10.9 Å². The Balaban J connectivity index is 1.30. The van der Waals surface area contributed by atoms with Crippen molar-refractivity contribution in [1.82, 2.24) is 34.7 Å². The molecule has 0 saturated carbocycles. The van der Waals surface area contributed by atoms with Crippen LogP contribution in [-0.4, -0.2) is 57.2 Å². The van der Waals surface area contributed by atoms with E-state index in [1.165, 1.54) is 27.7 Å². The Hall–Kier alpha value is -4.55. The highest BCUT2D eigenvalue weighted by atomic mass is 35.5. The fourth-order valence-corrected chi connectivity index (χ4v) is 4.87. The Morgan fingerprint density at radius 1 is 1.19 bits per heavy atom. The van der Waals surface area contributed by atoms with Gasteiger partial charge in [-0.1, -0.05) is 11.6 Å². The molecule has 1 aliphatic heterocycles. The first-order valence-corrected chi connectivity index (χ1v) is 11.7. The van der Waals surface area contributed by atoms with Crippen molar-refractivity contribution in [2.24, 2.45) is 0 Å². The van der Waals surface area contributed by atoms with Crippen molar-refractivity contribution in [3.8, 4) is 16.9 Å². The first kappa shape index (κ1) is 22.9. The van der Waals surface area contributed by atoms with Crippen molar-refractivity contribution in [3.63, 3.8) is 0 Å². The number of hydrogen-bond acceptors (Lipinski definition) is 8. The van der Waals surface area contributed by atoms with E-state index in [0.717, 1.165) is 0 Å². The van der Waals surface area contributed by atoms with Crippen LogP contribution in [0.1, 0.15) is 28.8 Å². The van der Waals surface area contributed by atoms with Crippen LogP contribution in [0.25, 0.3) is 27.8 Å². The van der Waals surface area contributed by atoms with Gasteiger partial charge in [0, 0.05) is 39.7 Å². The van der Waals surface area contributed by atoms with Gasteiger partial charge in [0.15, 0.2) is 0 Å². The number of fused-ring (bicyclic) bond motifs is 2. The van der Waals surface area contributed by atoms with E-state index < -0.39 is 18.2 Å². The molecule has 0 spiro atoms. The lowest BCUT2D eigenvalue weighted by Crippen LogP contribution is -2.35. The molecule has 1 aliphatic rings. The molecule has 5 aromatic rings. The van der Waals surface area contributed by atoms with Crippen molar-refractivity contribution in [2.45, 2.75) is 25.1 Å². The minimum atomic E-state index is -1.08. The Labute approximate surface area is 213 Å². The van der Waals surface area contributed by atoms with E-state index in [0.29, 0.717) is 57.2 Å². The number of benzene rings is 2. The first-order chi connectivity index (χ1) is 17.9. The van der Waals surface area contributed by atoms with Crippen LogP contribution in [-0.2, 0) is 6.42 Å². The second-order valence-electron chi connectivity index (χ2n) is 8.67. The molecule has 0 saturated heterocycles. The highest BCUT2D eigenvalue weighted by Gasteiger charge is 2.31. The van der Waals surface area contributed by atoms with Gasteiger partial charge in [-0.15, -0.1) is 5.10 Å². The maximum Gasteiger partial charge on any atom is 0.352 e. The molecule has 186 valence electrons. The summed E-state index contributed by atoms with van der Waals surface area (Å²) in [4.78, 5) is 32.0. The van der Waals surface area contributed by atoms with Crippen molar-refractivity contribution >= 4 is 34.2 Å². The number of aliphatic hydroxyl groups excluding tert-OH is 1. The van der Waals surface area contributed by atoms with Crippen LogP contribution in [0.3, 0.4) is 0 Å². The van der Waals surface area contributed by atoms with E-state index in [9.17, 15) is 19.8 Å². The van der Waals surface area contributed by atoms with Crippen molar-refractivity contribution in [2.75, 3.05) is 5.32 Å². The Bertz CT molecular complexity index is 1710. The van der Waals surface area contributed by atoms with Gasteiger partial charge >= 0.3 is 5.97 Å². The third-order valence-corrected chi connectivity index (χ3v) is 6.62. The van der Waals surface area contributed by atoms with Crippen LogP contribution in [0.5, 0.6) is 0 Å². The number of carboxylic acids is 1. The number of tetrazole rings is 1. The SMILES string of the molecule is O=C(O)c1cc2cc(NC(O)C3CCc4nc(-c5cc(Cl)ccc5-n5cnnn5)cc(=O)n43)ccc2[nH]1. The van der Waals surface area contributed by atoms with Crippen LogP contribution in [0.2, 0.25) is 5.02 Å². The lowest BCUT2D eigenvalue weighted by Gasteiger charge is -2.23. The summed E-state index contributed by atoms with van der Waals surface area (Å²) in [5, 5.41) is 35.6. The van der Waals surface area contributed by atoms with Gasteiger partial charge in [-0.3, -0.25) is 9.36 Å². The summed E-state index contributed by atoms with van der Waals surface area (Å²) in [5.41, 5.74) is 2.67. The largest absolute Gasteiger partial charge is 0.477 e. The van der Waals surface area contributed by atoms with Crippen LogP contribution in [0, 0.1) is 0 Å². The van der Waals surface area contributed by atoms with Gasteiger partial charge in [0.2, 0.25) is 0 Å². The Kier molecular flexibility index (Phi) is 5.46. The zero-order chi connectivity index (χ0) is 25.7. The van der Waals surface area contributed by atoms with Gasteiger partial charge in [0.25, 0.3) is 5.56 Å². The second-order valence-corrected chi connectivity index (χ2v) is 9.10. The average Bonchev–Trinajstić information content (AvgIpc) is 3.63. The molecule has 37 heavy (non-hydrogen) atoms. The van der Waals surface area contributed by atoms with Gasteiger partial charge in [-0.05, 0) is 59.3 Å². The highest BCUT2D eigenvalue weighted by molar-refractivity contribution is 6.31. The molecule has 12 nitrogen and oxygen atoms in total. The third kappa shape index (κ3) is 4.11. The van der Waals surface area contributed by atoms with Gasteiger partial charge in [0.1, 0.15) is 24.1 Å². The molecule has 13 heteroatoms. The zero-order valence-electron chi connectivity index (χ0n) is 19.0. The maximum atomic E-state index is 13.2. The van der Waals surface area contributed by atoms with E-state index in [1.807, 2.05) is 0 Å². The molecular formula is C24H19ClN8O4. The number of aliphatic hydroxyl groups is 1. The van der Waals surface area contributed by atoms with Crippen LogP contribution >= 0.6 is 11.6 Å². The number of aromatic carboxylic acids is 1. The summed E-state index contributed by atoms with van der Waals surface area (Å²) in [6, 6.07) is 12.7. The van der Waals surface area contributed by atoms with Crippen molar-refractivity contribution in [1.29, 1.82) is 0 Å². The van der Waals surface area contributed by atoms with Gasteiger partial charge in [-0.25, -0.2) is 9.78 Å². The molecule has 0 amide bonds. The summed E-state index contributed by atoms with van der Waals surface area (Å²) < 4.78 is 2.97. The molecule has 0 fully saturated rings. The topological polar surface area (TPSA) is 164 Å². The fraction of sp³-hybridized carbons (Fsp3) is 0.167. The minimum Gasteiger partial charge on any atom is -0.477 e. The summed E-state index contributed by atoms with van der Waals surface area (Å²) in [6.45, 7) is 0. The number of aromatic nitrogens is 7. The molecule has 0 aliphatic carbocycles. The molecule has 4 heterocycles. The standard InChI is InChI=1S/C24H19ClN8O4/c25-13-1-4-19(32-11-26-30-31-32)15(9-13)17-10-22(34)33-20(5-6-21(33)29-17)23(35)27-14-2-3-16-12(7-14)8-18(28-16)24(36)37/h1-4,7-11,20,23,27-28,35H,5-6H2,(H,36,37). The summed E-state index contributed by atoms with van der Waals surface area (Å²) >= 11 is 6.24. The van der Waals surface area contributed by atoms with Gasteiger partial charge < -0.3 is 20.5 Å². The predicted molar refractivity (Wildman–Crippen MR) is 134 cm³/mol. The number of carbonyl (C=O) groups is 1. The highest BCUT2D eigenvalue weighted by Crippen LogP contribution is 2.32. The summed E-state index contributed by atoms with van der Waals surface area (Å²) in [6.07, 6.45) is 1.36. The maximum absolute atomic E-state index is 13.2. The lowest BCUT2D eigenvalue weighted by molar-refractivity contribution is 0.0691. The number of nitrogens with zero attached hydrogens (tertiary/aromatic N) is 6. The molecule has 2 atom stereocenters. The fourth-order valence-electron chi connectivity index (χ4n) is 4.70. The molecule has 0 bridgehead atoms. The average molecular weight is 519 g/mol. The second kappa shape index (κ2) is 8.84. The Morgan fingerprint density at radius 2 is 2.05 bits per heavy atom. The quantitative estimate of drug-likeness (QED) is 0.247. The molecule has 2 aromatic carbocycles. The number of halogens is 1. The number of aryl methyl sites for hydroxylation is 1. The van der Waals surface area contributed by atoms with Gasteiger partial charge in [-0.2, -0.15) is 4.68 Å². The Morgan fingerprint density at radius 3 is 2.84 bits per heavy atom. The molecule has 6 rings (SSSR count). The van der Waals surface area contributed by atoms with E-state index in [4.69, 9.17) is 16.6 Å². The number of anilines is 1. The molecular weight excluding hydrogens is 500 g/mol. The number of aromatic amines is 1. The van der Waals surface area contributed by atoms with E-state index in [1.54, 1.807) is 36.4 Å². The van der Waals surface area contributed by atoms with Gasteiger partial charge in [0.05, 0.1) is 17.4 Å². The van der Waals surface area contributed by atoms with Crippen LogP contribution in [0.15, 0.2) is 59.7 Å². The van der Waals surface area contributed by atoms with Crippen molar-refractivity contribution < 1.29 is 15.0 Å². The third-order valence-electron chi connectivity index (χ3n) is 6.38. The monoisotopic (exact) mass is 518 g/mol. The normalized spacial score (nSPS) is 15.6. The number of nitrogens with one attached hydrogen (secondary N) is 2. The van der Waals surface area contributed by atoms with Crippen molar-refractivity contribution in [3.05, 3.63) is 81.8 Å². The van der Waals surface area contributed by atoms with E-state index in [2.05, 4.69) is 25.8 Å². The van der Waals surface area contributed by atoms with Crippen LogP contribution in [0.4, 0.5) is 5.69 Å². The number of rotatable bonds is 6. The minimum absolute atomic E-state index is 0.0776. The lowest BCUT2D eigenvalue weighted by atomic mass is 10.1. The van der Waals surface area contributed by atoms with E-state index in [-0.39, 0.29) is 11.3 Å². The number of H-pyrrole nitrogens is 1. The number of carboxylic acid groups (broad SMARTS) is 1. The van der Waals surface area contributed by atoms with E-state index >= 15 is 0 Å². The summed E-state index contributed by atoms with van der Waals surface area (Å²) in [5.74, 6) is -0.509. The molecule has 2 unspecified atom stereocenters. The molecule has 4 N–H and O–H groups in total. The first-order valence-electron chi connectivity index (χ1n) is 11.3. The predicted octanol–water partition coefficient (Wildman–Crippen LogP) is 2.64. The molecule has 0 radical (unpaired) electrons. The number of hydrogen-bond donors (Lipinski definition) is 4. The molecule has 3 aromatic heterocycles.